The van der Waals surface area contributed by atoms with Crippen LogP contribution >= 0.6 is 23.2 Å². The first-order valence-corrected chi connectivity index (χ1v) is 6.60. The standard InChI is InChI=1S/C14H11Cl2N3O2/c15-9-5-8(13(20)11(16)6-9)7-18-19-14(21)10-3-1-2-4-12(10)17/h1-7,20H,17H2,(H,19,21)/b18-7+. The zero-order valence-electron chi connectivity index (χ0n) is 10.7. The van der Waals surface area contributed by atoms with E-state index in [0.29, 0.717) is 16.3 Å². The van der Waals surface area contributed by atoms with Crippen LogP contribution in [0.2, 0.25) is 10.0 Å². The third-order valence-electron chi connectivity index (χ3n) is 2.63. The second-order valence-corrected chi connectivity index (χ2v) is 4.96. The first-order chi connectivity index (χ1) is 9.99. The van der Waals surface area contributed by atoms with Crippen LogP contribution in [0.4, 0.5) is 5.69 Å². The Morgan fingerprint density at radius 3 is 2.71 bits per heavy atom. The highest BCUT2D eigenvalue weighted by atomic mass is 35.5. The lowest BCUT2D eigenvalue weighted by molar-refractivity contribution is 0.0956. The molecule has 4 N–H and O–H groups in total. The van der Waals surface area contributed by atoms with E-state index >= 15 is 0 Å². The number of hydrazone groups is 1. The molecule has 5 nitrogen and oxygen atoms in total. The van der Waals surface area contributed by atoms with Gasteiger partial charge in [0.25, 0.3) is 5.91 Å². The summed E-state index contributed by atoms with van der Waals surface area (Å²) in [5.41, 5.74) is 8.93. The Morgan fingerprint density at radius 1 is 1.29 bits per heavy atom. The summed E-state index contributed by atoms with van der Waals surface area (Å²) in [5.74, 6) is -0.629. The minimum Gasteiger partial charge on any atom is -0.506 e. The molecular weight excluding hydrogens is 313 g/mol. The Balaban J connectivity index is 2.13. The van der Waals surface area contributed by atoms with Gasteiger partial charge in [-0.05, 0) is 24.3 Å². The second kappa shape index (κ2) is 6.47. The molecule has 21 heavy (non-hydrogen) atoms. The number of nitrogens with one attached hydrogen (secondary N) is 1. The molecule has 0 atom stereocenters. The Morgan fingerprint density at radius 2 is 2.00 bits per heavy atom. The van der Waals surface area contributed by atoms with Crippen LogP contribution < -0.4 is 11.2 Å². The summed E-state index contributed by atoms with van der Waals surface area (Å²) in [6.07, 6.45) is 1.24. The molecule has 0 radical (unpaired) electrons. The number of aromatic hydroxyl groups is 1. The maximum absolute atomic E-state index is 11.9. The number of anilines is 1. The van der Waals surface area contributed by atoms with Crippen LogP contribution in [0.25, 0.3) is 0 Å². The molecule has 2 aromatic rings. The Kier molecular flexibility index (Phi) is 4.67. The summed E-state index contributed by atoms with van der Waals surface area (Å²) in [6.45, 7) is 0. The molecule has 0 spiro atoms. The summed E-state index contributed by atoms with van der Waals surface area (Å²) in [5, 5.41) is 13.9. The van der Waals surface area contributed by atoms with Crippen molar-refractivity contribution in [2.45, 2.75) is 0 Å². The molecule has 0 aliphatic carbocycles. The van der Waals surface area contributed by atoms with Gasteiger partial charge in [0, 0.05) is 16.3 Å². The van der Waals surface area contributed by atoms with E-state index in [1.54, 1.807) is 24.3 Å². The molecule has 0 bridgehead atoms. The number of nitrogen functional groups attached to an aromatic ring is 1. The largest absolute Gasteiger partial charge is 0.506 e. The number of hydrogen-bond donors (Lipinski definition) is 3. The fraction of sp³-hybridized carbons (Fsp3) is 0. The first-order valence-electron chi connectivity index (χ1n) is 5.85. The van der Waals surface area contributed by atoms with Gasteiger partial charge in [0.2, 0.25) is 0 Å². The molecule has 2 aromatic carbocycles. The van der Waals surface area contributed by atoms with Crippen molar-refractivity contribution in [2.24, 2.45) is 5.10 Å². The Labute approximate surface area is 131 Å². The first kappa shape index (κ1) is 15.2. The van der Waals surface area contributed by atoms with E-state index in [2.05, 4.69) is 10.5 Å². The van der Waals surface area contributed by atoms with Crippen molar-refractivity contribution in [3.05, 3.63) is 57.6 Å². The summed E-state index contributed by atoms with van der Waals surface area (Å²) in [7, 11) is 0. The highest BCUT2D eigenvalue weighted by Crippen LogP contribution is 2.29. The van der Waals surface area contributed by atoms with Gasteiger partial charge in [0.05, 0.1) is 16.8 Å². The van der Waals surface area contributed by atoms with Crippen molar-refractivity contribution in [3.63, 3.8) is 0 Å². The van der Waals surface area contributed by atoms with Crippen LogP contribution in [0.5, 0.6) is 5.75 Å². The minimum absolute atomic E-state index is 0.0996. The van der Waals surface area contributed by atoms with E-state index in [4.69, 9.17) is 28.9 Å². The summed E-state index contributed by atoms with van der Waals surface area (Å²) < 4.78 is 0. The average Bonchev–Trinajstić information content (AvgIpc) is 2.44. The number of hydrogen-bond acceptors (Lipinski definition) is 4. The molecule has 2 rings (SSSR count). The number of phenols is 1. The van der Waals surface area contributed by atoms with E-state index in [1.807, 2.05) is 0 Å². The SMILES string of the molecule is Nc1ccccc1C(=O)N/N=C/c1cc(Cl)cc(Cl)c1O. The minimum atomic E-state index is -0.461. The zero-order valence-corrected chi connectivity index (χ0v) is 12.2. The lowest BCUT2D eigenvalue weighted by atomic mass is 10.2. The van der Waals surface area contributed by atoms with Crippen molar-refractivity contribution in [1.29, 1.82) is 0 Å². The molecule has 0 fully saturated rings. The summed E-state index contributed by atoms with van der Waals surface area (Å²) in [4.78, 5) is 11.9. The van der Waals surface area contributed by atoms with Crippen molar-refractivity contribution in [3.8, 4) is 5.75 Å². The molecular formula is C14H11Cl2N3O2. The van der Waals surface area contributed by atoms with E-state index < -0.39 is 5.91 Å². The number of para-hydroxylation sites is 1. The predicted octanol–water partition coefficient (Wildman–Crippen LogP) is 3.05. The summed E-state index contributed by atoms with van der Waals surface area (Å²) in [6, 6.07) is 9.47. The van der Waals surface area contributed by atoms with Gasteiger partial charge in [-0.25, -0.2) is 5.43 Å². The number of phenolic OH excluding ortho intramolecular Hbond substituents is 1. The molecule has 108 valence electrons. The lowest BCUT2D eigenvalue weighted by Crippen LogP contribution is -2.19. The van der Waals surface area contributed by atoms with Crippen LogP contribution in [0, 0.1) is 0 Å². The number of carbonyl (C=O) groups is 1. The van der Waals surface area contributed by atoms with Crippen LogP contribution in [0.15, 0.2) is 41.5 Å². The monoisotopic (exact) mass is 323 g/mol. The van der Waals surface area contributed by atoms with E-state index in [9.17, 15) is 9.90 Å². The van der Waals surface area contributed by atoms with Crippen molar-refractivity contribution in [2.75, 3.05) is 5.73 Å². The second-order valence-electron chi connectivity index (χ2n) is 4.11. The van der Waals surface area contributed by atoms with Crippen LogP contribution in [0.3, 0.4) is 0 Å². The number of nitrogens with zero attached hydrogens (tertiary/aromatic N) is 1. The average molecular weight is 324 g/mol. The van der Waals surface area contributed by atoms with Crippen LogP contribution in [0.1, 0.15) is 15.9 Å². The van der Waals surface area contributed by atoms with Crippen LogP contribution in [-0.4, -0.2) is 17.2 Å². The number of rotatable bonds is 3. The Hall–Kier alpha value is -2.24. The van der Waals surface area contributed by atoms with Gasteiger partial charge >= 0.3 is 0 Å². The normalized spacial score (nSPS) is 10.8. The highest BCUT2D eigenvalue weighted by Gasteiger charge is 2.08. The van der Waals surface area contributed by atoms with Gasteiger partial charge in [-0.1, -0.05) is 35.3 Å². The maximum Gasteiger partial charge on any atom is 0.273 e. The smallest absolute Gasteiger partial charge is 0.273 e. The lowest BCUT2D eigenvalue weighted by Gasteiger charge is -2.04. The molecule has 0 aliphatic rings. The number of carbonyl (C=O) groups excluding carboxylic acids is 1. The van der Waals surface area contributed by atoms with E-state index in [1.165, 1.54) is 18.3 Å². The van der Waals surface area contributed by atoms with Gasteiger partial charge in [-0.2, -0.15) is 5.10 Å². The van der Waals surface area contributed by atoms with Gasteiger partial charge in [0.1, 0.15) is 5.75 Å². The third kappa shape index (κ3) is 3.65. The van der Waals surface area contributed by atoms with Crippen molar-refractivity contribution >= 4 is 41.0 Å². The molecule has 0 heterocycles. The molecule has 0 saturated heterocycles. The quantitative estimate of drug-likeness (QED) is 0.461. The number of halogens is 2. The maximum atomic E-state index is 11.9. The van der Waals surface area contributed by atoms with Gasteiger partial charge < -0.3 is 10.8 Å². The molecule has 1 amide bonds. The zero-order chi connectivity index (χ0) is 15.4. The molecule has 0 unspecified atom stereocenters. The molecule has 7 heteroatoms. The topological polar surface area (TPSA) is 87.7 Å². The fourth-order valence-electron chi connectivity index (χ4n) is 1.61. The van der Waals surface area contributed by atoms with Gasteiger partial charge in [-0.15, -0.1) is 0 Å². The Bertz CT molecular complexity index is 717. The van der Waals surface area contributed by atoms with E-state index in [0.717, 1.165) is 0 Å². The fourth-order valence-corrected chi connectivity index (χ4v) is 2.12. The molecule has 0 saturated carbocycles. The highest BCUT2D eigenvalue weighted by molar-refractivity contribution is 6.36. The van der Waals surface area contributed by atoms with Crippen LogP contribution in [-0.2, 0) is 0 Å². The van der Waals surface area contributed by atoms with Gasteiger partial charge in [-0.3, -0.25) is 4.79 Å². The number of amides is 1. The third-order valence-corrected chi connectivity index (χ3v) is 3.14. The van der Waals surface area contributed by atoms with Crippen molar-refractivity contribution < 1.29 is 9.90 Å². The number of nitrogens with two attached hydrogens (primary N) is 1. The number of benzene rings is 2. The molecule has 0 aliphatic heterocycles. The van der Waals surface area contributed by atoms with Crippen molar-refractivity contribution in [1.82, 2.24) is 5.43 Å². The molecule has 0 aromatic heterocycles. The summed E-state index contributed by atoms with van der Waals surface area (Å²) >= 11 is 11.6. The van der Waals surface area contributed by atoms with E-state index in [-0.39, 0.29) is 16.3 Å². The predicted molar refractivity (Wildman–Crippen MR) is 84.0 cm³/mol. The van der Waals surface area contributed by atoms with Gasteiger partial charge in [0.15, 0.2) is 0 Å².